The summed E-state index contributed by atoms with van der Waals surface area (Å²) >= 11 is 0. The molecular weight excluding hydrogens is 232 g/mol. The first-order chi connectivity index (χ1) is 7.38. The maximum atomic E-state index is 11.7. The van der Waals surface area contributed by atoms with Gasteiger partial charge < -0.3 is 4.74 Å². The van der Waals surface area contributed by atoms with Gasteiger partial charge in [0.25, 0.3) is 10.2 Å². The summed E-state index contributed by atoms with van der Waals surface area (Å²) < 4.78 is 31.7. The number of hydrogen-bond donors (Lipinski definition) is 1. The smallest absolute Gasteiger partial charge is 0.323 e. The summed E-state index contributed by atoms with van der Waals surface area (Å²) in [4.78, 5) is 11.3. The fourth-order valence-electron chi connectivity index (χ4n) is 1.18. The molecule has 0 aliphatic rings. The Kier molecular flexibility index (Phi) is 6.54. The maximum Gasteiger partial charge on any atom is 0.323 e. The first-order valence-electron chi connectivity index (χ1n) is 5.33. The van der Waals surface area contributed by atoms with Gasteiger partial charge >= 0.3 is 5.97 Å². The second-order valence-electron chi connectivity index (χ2n) is 3.18. The van der Waals surface area contributed by atoms with E-state index in [1.807, 2.05) is 0 Å². The van der Waals surface area contributed by atoms with Crippen LogP contribution in [0.2, 0.25) is 0 Å². The van der Waals surface area contributed by atoms with Gasteiger partial charge in [0, 0.05) is 13.1 Å². The number of nitrogens with zero attached hydrogens (tertiary/aromatic N) is 1. The van der Waals surface area contributed by atoms with E-state index in [2.05, 4.69) is 4.72 Å². The van der Waals surface area contributed by atoms with Gasteiger partial charge in [-0.15, -0.1) is 0 Å². The van der Waals surface area contributed by atoms with E-state index in [-0.39, 0.29) is 6.61 Å². The lowest BCUT2D eigenvalue weighted by atomic mass is 10.4. The van der Waals surface area contributed by atoms with Crippen molar-refractivity contribution in [1.29, 1.82) is 0 Å². The first-order valence-corrected chi connectivity index (χ1v) is 6.77. The van der Waals surface area contributed by atoms with Crippen LogP contribution in [0, 0.1) is 0 Å². The van der Waals surface area contributed by atoms with E-state index in [4.69, 9.17) is 4.74 Å². The minimum absolute atomic E-state index is 0.232. The number of hydrogen-bond acceptors (Lipinski definition) is 4. The molecule has 0 bridgehead atoms. The number of ether oxygens (including phenoxy) is 1. The lowest BCUT2D eigenvalue weighted by molar-refractivity contribution is -0.144. The van der Waals surface area contributed by atoms with Gasteiger partial charge in [0.1, 0.15) is 6.04 Å². The molecular formula is C9H20N2O4S. The van der Waals surface area contributed by atoms with Crippen molar-refractivity contribution in [3.05, 3.63) is 0 Å². The van der Waals surface area contributed by atoms with E-state index in [9.17, 15) is 13.2 Å². The zero-order valence-corrected chi connectivity index (χ0v) is 11.0. The number of rotatable bonds is 7. The van der Waals surface area contributed by atoms with E-state index < -0.39 is 22.2 Å². The Balaban J connectivity index is 4.52. The molecule has 0 aromatic rings. The Morgan fingerprint density at radius 1 is 1.31 bits per heavy atom. The summed E-state index contributed by atoms with van der Waals surface area (Å²) in [5.41, 5.74) is 0. The molecule has 0 fully saturated rings. The minimum Gasteiger partial charge on any atom is -0.465 e. The lowest BCUT2D eigenvalue weighted by Crippen LogP contribution is -2.47. The van der Waals surface area contributed by atoms with Crippen LogP contribution in [-0.4, -0.2) is 44.4 Å². The highest BCUT2D eigenvalue weighted by Crippen LogP contribution is 1.99. The summed E-state index contributed by atoms with van der Waals surface area (Å²) in [7, 11) is -3.60. The average Bonchev–Trinajstić information content (AvgIpc) is 2.18. The number of nitrogens with one attached hydrogen (secondary N) is 1. The van der Waals surface area contributed by atoms with Crippen molar-refractivity contribution in [2.24, 2.45) is 0 Å². The zero-order valence-electron chi connectivity index (χ0n) is 10.2. The molecule has 0 amide bonds. The van der Waals surface area contributed by atoms with E-state index in [0.717, 1.165) is 0 Å². The highest BCUT2D eigenvalue weighted by atomic mass is 32.2. The summed E-state index contributed by atoms with van der Waals surface area (Å²) in [6, 6.07) is -0.870. The molecule has 1 atom stereocenters. The Morgan fingerprint density at radius 3 is 2.19 bits per heavy atom. The van der Waals surface area contributed by atoms with Crippen LogP contribution in [0.1, 0.15) is 27.7 Å². The zero-order chi connectivity index (χ0) is 12.8. The molecule has 0 rings (SSSR count). The Hall–Kier alpha value is -0.660. The van der Waals surface area contributed by atoms with Crippen molar-refractivity contribution in [3.8, 4) is 0 Å². The molecule has 16 heavy (non-hydrogen) atoms. The topological polar surface area (TPSA) is 75.7 Å². The van der Waals surface area contributed by atoms with Crippen molar-refractivity contribution in [1.82, 2.24) is 9.03 Å². The van der Waals surface area contributed by atoms with Gasteiger partial charge in [-0.3, -0.25) is 4.79 Å². The summed E-state index contributed by atoms with van der Waals surface area (Å²) in [6.45, 7) is 7.55. The SMILES string of the molecule is CCOC(=O)C(C)NS(=O)(=O)N(CC)CC. The van der Waals surface area contributed by atoms with Crippen LogP contribution in [0.25, 0.3) is 0 Å². The summed E-state index contributed by atoms with van der Waals surface area (Å²) in [5, 5.41) is 0. The first kappa shape index (κ1) is 15.3. The molecule has 96 valence electrons. The number of carbonyl (C=O) groups excluding carboxylic acids is 1. The van der Waals surface area contributed by atoms with Gasteiger partial charge in [-0.2, -0.15) is 17.4 Å². The minimum atomic E-state index is -3.60. The van der Waals surface area contributed by atoms with Crippen LogP contribution in [0.15, 0.2) is 0 Å². The van der Waals surface area contributed by atoms with Crippen LogP contribution in [-0.2, 0) is 19.7 Å². The molecule has 0 aliphatic carbocycles. The molecule has 0 aromatic heterocycles. The molecule has 7 heteroatoms. The maximum absolute atomic E-state index is 11.7. The molecule has 0 spiro atoms. The fourth-order valence-corrected chi connectivity index (χ4v) is 2.55. The van der Waals surface area contributed by atoms with Crippen LogP contribution in [0.4, 0.5) is 0 Å². The van der Waals surface area contributed by atoms with Crippen molar-refractivity contribution in [2.45, 2.75) is 33.7 Å². The van der Waals surface area contributed by atoms with Gasteiger partial charge in [-0.25, -0.2) is 0 Å². The highest BCUT2D eigenvalue weighted by Gasteiger charge is 2.25. The van der Waals surface area contributed by atoms with Crippen molar-refractivity contribution in [3.63, 3.8) is 0 Å². The number of carbonyl (C=O) groups is 1. The van der Waals surface area contributed by atoms with E-state index in [0.29, 0.717) is 13.1 Å². The predicted octanol–water partition coefficient (Wildman–Crippen LogP) is 0.114. The van der Waals surface area contributed by atoms with E-state index >= 15 is 0 Å². The third-order valence-electron chi connectivity index (χ3n) is 2.01. The molecule has 0 heterocycles. The average molecular weight is 252 g/mol. The highest BCUT2D eigenvalue weighted by molar-refractivity contribution is 7.87. The Morgan fingerprint density at radius 2 is 1.81 bits per heavy atom. The Labute approximate surface area is 97.1 Å². The second kappa shape index (κ2) is 6.82. The van der Waals surface area contributed by atoms with Crippen molar-refractivity contribution in [2.75, 3.05) is 19.7 Å². The monoisotopic (exact) mass is 252 g/mol. The van der Waals surface area contributed by atoms with Crippen LogP contribution < -0.4 is 4.72 Å². The molecule has 1 unspecified atom stereocenters. The fraction of sp³-hybridized carbons (Fsp3) is 0.889. The van der Waals surface area contributed by atoms with Gasteiger partial charge in [0.15, 0.2) is 0 Å². The second-order valence-corrected chi connectivity index (χ2v) is 4.88. The predicted molar refractivity (Wildman–Crippen MR) is 61.1 cm³/mol. The Bertz CT molecular complexity index is 311. The standard InChI is InChI=1S/C9H20N2O4S/c1-5-11(6-2)16(13,14)10-8(4)9(12)15-7-3/h8,10H,5-7H2,1-4H3. The normalized spacial score (nSPS) is 13.8. The molecule has 0 saturated carbocycles. The molecule has 1 N–H and O–H groups in total. The van der Waals surface area contributed by atoms with Crippen LogP contribution >= 0.6 is 0 Å². The van der Waals surface area contributed by atoms with Gasteiger partial charge in [0.05, 0.1) is 6.61 Å². The third kappa shape index (κ3) is 4.46. The van der Waals surface area contributed by atoms with Crippen molar-refractivity contribution >= 4 is 16.2 Å². The van der Waals surface area contributed by atoms with Crippen LogP contribution in [0.3, 0.4) is 0 Å². The quantitative estimate of drug-likeness (QED) is 0.653. The van der Waals surface area contributed by atoms with Gasteiger partial charge in [0.2, 0.25) is 0 Å². The molecule has 0 saturated heterocycles. The van der Waals surface area contributed by atoms with Crippen LogP contribution in [0.5, 0.6) is 0 Å². The third-order valence-corrected chi connectivity index (χ3v) is 3.86. The lowest BCUT2D eigenvalue weighted by Gasteiger charge is -2.21. The summed E-state index contributed by atoms with van der Waals surface area (Å²) in [6.07, 6.45) is 0. The molecule has 6 nitrogen and oxygen atoms in total. The molecule has 0 radical (unpaired) electrons. The number of esters is 1. The molecule has 0 aromatic carbocycles. The molecule has 0 aliphatic heterocycles. The summed E-state index contributed by atoms with van der Waals surface area (Å²) in [5.74, 6) is -0.571. The van der Waals surface area contributed by atoms with Gasteiger partial charge in [-0.1, -0.05) is 13.8 Å². The van der Waals surface area contributed by atoms with E-state index in [1.54, 1.807) is 20.8 Å². The van der Waals surface area contributed by atoms with Crippen molar-refractivity contribution < 1.29 is 17.9 Å². The van der Waals surface area contributed by atoms with Gasteiger partial charge in [-0.05, 0) is 13.8 Å². The van der Waals surface area contributed by atoms with E-state index in [1.165, 1.54) is 11.2 Å². The largest absolute Gasteiger partial charge is 0.465 e.